The zero-order valence-corrected chi connectivity index (χ0v) is 15.9. The zero-order chi connectivity index (χ0) is 18.4. The molecule has 1 aliphatic rings. The predicted octanol–water partition coefficient (Wildman–Crippen LogP) is 2.61. The van der Waals surface area contributed by atoms with Gasteiger partial charge in [-0.05, 0) is 6.92 Å². The molecule has 1 amide bonds. The maximum atomic E-state index is 12.1. The Bertz CT molecular complexity index is 736. The summed E-state index contributed by atoms with van der Waals surface area (Å²) in [6, 6.07) is 8.07. The van der Waals surface area contributed by atoms with Gasteiger partial charge in [0, 0.05) is 37.5 Å². The predicted molar refractivity (Wildman–Crippen MR) is 104 cm³/mol. The molecule has 0 spiro atoms. The summed E-state index contributed by atoms with van der Waals surface area (Å²) in [6.45, 7) is 9.46. The van der Waals surface area contributed by atoms with Crippen molar-refractivity contribution in [3.63, 3.8) is 0 Å². The van der Waals surface area contributed by atoms with Crippen LogP contribution in [0.2, 0.25) is 0 Å². The van der Waals surface area contributed by atoms with E-state index < -0.39 is 0 Å². The lowest BCUT2D eigenvalue weighted by molar-refractivity contribution is -0.130. The number of aryl methyl sites for hydroxylation is 1. The van der Waals surface area contributed by atoms with Gasteiger partial charge in [-0.2, -0.15) is 4.98 Å². The summed E-state index contributed by atoms with van der Waals surface area (Å²) in [5, 5.41) is 4.08. The van der Waals surface area contributed by atoms with E-state index >= 15 is 0 Å². The van der Waals surface area contributed by atoms with Crippen LogP contribution in [-0.2, 0) is 11.3 Å². The number of nitrogens with zero attached hydrogens (tertiary/aromatic N) is 4. The Kier molecular flexibility index (Phi) is 6.46. The minimum atomic E-state index is 0.205. The van der Waals surface area contributed by atoms with Gasteiger partial charge in [0.2, 0.25) is 17.6 Å². The molecule has 1 aromatic heterocycles. The lowest BCUT2D eigenvalue weighted by Crippen LogP contribution is -2.48. The summed E-state index contributed by atoms with van der Waals surface area (Å²) in [7, 11) is 0. The minimum Gasteiger partial charge on any atom is -0.339 e. The number of aromatic nitrogens is 2. The van der Waals surface area contributed by atoms with Gasteiger partial charge >= 0.3 is 0 Å². The van der Waals surface area contributed by atoms with Gasteiger partial charge in [0.25, 0.3) is 0 Å². The zero-order valence-electron chi connectivity index (χ0n) is 15.1. The fourth-order valence-corrected chi connectivity index (χ4v) is 3.45. The Morgan fingerprint density at radius 3 is 2.69 bits per heavy atom. The van der Waals surface area contributed by atoms with Crippen molar-refractivity contribution in [1.82, 2.24) is 19.9 Å². The number of rotatable bonds is 7. The van der Waals surface area contributed by atoms with Crippen LogP contribution in [0.15, 0.2) is 41.4 Å². The highest BCUT2D eigenvalue weighted by Crippen LogP contribution is 2.17. The third-order valence-corrected chi connectivity index (χ3v) is 5.25. The van der Waals surface area contributed by atoms with E-state index in [1.165, 1.54) is 5.56 Å². The third kappa shape index (κ3) is 4.95. The molecule has 0 saturated carbocycles. The SMILES string of the molecule is C=CCSCC(=O)N1CCN(Cc2nc(-c3ccc(C)cc3)no2)CC1. The molecule has 0 bridgehead atoms. The molecule has 138 valence electrons. The molecule has 0 atom stereocenters. The first kappa shape index (κ1) is 18.7. The molecule has 7 heteroatoms. The van der Waals surface area contributed by atoms with E-state index in [1.54, 1.807) is 11.8 Å². The van der Waals surface area contributed by atoms with Gasteiger partial charge in [-0.3, -0.25) is 9.69 Å². The second kappa shape index (κ2) is 9.00. The van der Waals surface area contributed by atoms with Crippen LogP contribution in [0.1, 0.15) is 11.5 Å². The average Bonchev–Trinajstić information content (AvgIpc) is 3.11. The van der Waals surface area contributed by atoms with Gasteiger partial charge in [-0.1, -0.05) is 41.1 Å². The van der Waals surface area contributed by atoms with Crippen LogP contribution in [0.4, 0.5) is 0 Å². The van der Waals surface area contributed by atoms with Crippen LogP contribution in [0.25, 0.3) is 11.4 Å². The highest BCUT2D eigenvalue weighted by atomic mass is 32.2. The van der Waals surface area contributed by atoms with E-state index in [4.69, 9.17) is 4.52 Å². The summed E-state index contributed by atoms with van der Waals surface area (Å²) in [6.07, 6.45) is 1.82. The second-order valence-corrected chi connectivity index (χ2v) is 7.37. The Morgan fingerprint density at radius 2 is 2.00 bits per heavy atom. The van der Waals surface area contributed by atoms with Crippen LogP contribution in [0.3, 0.4) is 0 Å². The normalized spacial score (nSPS) is 15.2. The quantitative estimate of drug-likeness (QED) is 0.550. The van der Waals surface area contributed by atoms with Crippen molar-refractivity contribution in [2.45, 2.75) is 13.5 Å². The highest BCUT2D eigenvalue weighted by Gasteiger charge is 2.22. The van der Waals surface area contributed by atoms with Gasteiger partial charge in [0.1, 0.15) is 0 Å². The number of amides is 1. The fourth-order valence-electron chi connectivity index (χ4n) is 2.81. The largest absolute Gasteiger partial charge is 0.339 e. The van der Waals surface area contributed by atoms with Crippen LogP contribution in [-0.4, -0.2) is 63.5 Å². The first-order valence-electron chi connectivity index (χ1n) is 8.74. The van der Waals surface area contributed by atoms with E-state index in [-0.39, 0.29) is 5.91 Å². The molecule has 3 rings (SSSR count). The van der Waals surface area contributed by atoms with Crippen LogP contribution in [0.5, 0.6) is 0 Å². The van der Waals surface area contributed by atoms with Gasteiger partial charge < -0.3 is 9.42 Å². The van der Waals surface area contributed by atoms with Gasteiger partial charge in [0.05, 0.1) is 12.3 Å². The Morgan fingerprint density at radius 1 is 1.27 bits per heavy atom. The first-order chi connectivity index (χ1) is 12.7. The van der Waals surface area contributed by atoms with E-state index in [2.05, 4.69) is 21.6 Å². The van der Waals surface area contributed by atoms with Crippen molar-refractivity contribution in [2.24, 2.45) is 0 Å². The average molecular weight is 372 g/mol. The Hall–Kier alpha value is -2.12. The molecule has 1 aliphatic heterocycles. The number of hydrogen-bond donors (Lipinski definition) is 0. The molecule has 1 fully saturated rings. The molecule has 1 saturated heterocycles. The summed E-state index contributed by atoms with van der Waals surface area (Å²) < 4.78 is 5.40. The van der Waals surface area contributed by atoms with Crippen molar-refractivity contribution in [3.05, 3.63) is 48.4 Å². The summed E-state index contributed by atoms with van der Waals surface area (Å²) in [5.74, 6) is 2.77. The van der Waals surface area contributed by atoms with Crippen molar-refractivity contribution in [1.29, 1.82) is 0 Å². The number of carbonyl (C=O) groups excluding carboxylic acids is 1. The van der Waals surface area contributed by atoms with Crippen LogP contribution < -0.4 is 0 Å². The first-order valence-corrected chi connectivity index (χ1v) is 9.89. The third-order valence-electron chi connectivity index (χ3n) is 4.32. The van der Waals surface area contributed by atoms with Crippen molar-refractivity contribution in [3.8, 4) is 11.4 Å². The van der Waals surface area contributed by atoms with Crippen LogP contribution >= 0.6 is 11.8 Å². The number of thioether (sulfide) groups is 1. The fraction of sp³-hybridized carbons (Fsp3) is 0.421. The molecular formula is C19H24N4O2S. The molecule has 26 heavy (non-hydrogen) atoms. The number of carbonyl (C=O) groups is 1. The van der Waals surface area contributed by atoms with Gasteiger partial charge in [0.15, 0.2) is 0 Å². The molecule has 0 aliphatic carbocycles. The maximum Gasteiger partial charge on any atom is 0.241 e. The standard InChI is InChI=1S/C19H24N4O2S/c1-3-12-26-14-18(24)23-10-8-22(9-11-23)13-17-20-19(21-25-17)16-6-4-15(2)5-7-16/h3-7H,1,8-14H2,2H3. The lowest BCUT2D eigenvalue weighted by Gasteiger charge is -2.33. The number of hydrogen-bond acceptors (Lipinski definition) is 6. The van der Waals surface area contributed by atoms with E-state index in [1.807, 2.05) is 42.2 Å². The number of piperazine rings is 1. The second-order valence-electron chi connectivity index (χ2n) is 6.34. The van der Waals surface area contributed by atoms with E-state index in [0.717, 1.165) is 37.5 Å². The topological polar surface area (TPSA) is 62.5 Å². The lowest BCUT2D eigenvalue weighted by atomic mass is 10.1. The molecule has 1 aromatic carbocycles. The van der Waals surface area contributed by atoms with E-state index in [0.29, 0.717) is 24.0 Å². The Labute approximate surface area is 158 Å². The molecule has 0 radical (unpaired) electrons. The van der Waals surface area contributed by atoms with E-state index in [9.17, 15) is 4.79 Å². The summed E-state index contributed by atoms with van der Waals surface area (Å²) >= 11 is 1.60. The summed E-state index contributed by atoms with van der Waals surface area (Å²) in [4.78, 5) is 20.8. The molecule has 0 N–H and O–H groups in total. The van der Waals surface area contributed by atoms with Crippen LogP contribution in [0, 0.1) is 6.92 Å². The van der Waals surface area contributed by atoms with Crippen molar-refractivity contribution < 1.29 is 9.32 Å². The van der Waals surface area contributed by atoms with Gasteiger partial charge in [-0.15, -0.1) is 18.3 Å². The van der Waals surface area contributed by atoms with Gasteiger partial charge in [-0.25, -0.2) is 0 Å². The highest BCUT2D eigenvalue weighted by molar-refractivity contribution is 8.00. The minimum absolute atomic E-state index is 0.205. The molecule has 0 unspecified atom stereocenters. The molecular weight excluding hydrogens is 348 g/mol. The molecule has 2 aromatic rings. The molecule has 2 heterocycles. The smallest absolute Gasteiger partial charge is 0.241 e. The monoisotopic (exact) mass is 372 g/mol. The maximum absolute atomic E-state index is 12.1. The number of benzene rings is 1. The van der Waals surface area contributed by atoms with Crippen molar-refractivity contribution >= 4 is 17.7 Å². The summed E-state index contributed by atoms with van der Waals surface area (Å²) in [5.41, 5.74) is 2.16. The Balaban J connectivity index is 1.48. The van der Waals surface area contributed by atoms with Crippen molar-refractivity contribution in [2.75, 3.05) is 37.7 Å². The molecule has 6 nitrogen and oxygen atoms in total.